The molecule has 3 N–H and O–H groups in total. The number of rotatable bonds is 6. The maximum Gasteiger partial charge on any atom is 0.323 e. The molecule has 1 aromatic heterocycles. The molecule has 0 spiro atoms. The summed E-state index contributed by atoms with van der Waals surface area (Å²) < 4.78 is 10.5. The highest BCUT2D eigenvalue weighted by Crippen LogP contribution is 2.26. The van der Waals surface area contributed by atoms with Gasteiger partial charge in [0.15, 0.2) is 0 Å². The van der Waals surface area contributed by atoms with Crippen LogP contribution < -0.4 is 20.5 Å². The lowest BCUT2D eigenvalue weighted by atomic mass is 10.2. The molecule has 0 fully saturated rings. The van der Waals surface area contributed by atoms with Crippen molar-refractivity contribution in [1.29, 1.82) is 0 Å². The Labute approximate surface area is 127 Å². The van der Waals surface area contributed by atoms with Gasteiger partial charge < -0.3 is 20.5 Å². The molecule has 0 atom stereocenters. The van der Waals surface area contributed by atoms with Gasteiger partial charge in [-0.25, -0.2) is 0 Å². The van der Waals surface area contributed by atoms with Crippen LogP contribution in [0.15, 0.2) is 18.2 Å². The maximum absolute atomic E-state index is 6.16. The summed E-state index contributed by atoms with van der Waals surface area (Å²) in [5.74, 6) is 1.08. The second-order valence-electron chi connectivity index (χ2n) is 4.01. The smallest absolute Gasteiger partial charge is 0.323 e. The third-order valence-corrected chi connectivity index (χ3v) is 2.98. The summed E-state index contributed by atoms with van der Waals surface area (Å²) in [4.78, 5) is 12.0. The molecule has 2 aromatic rings. The minimum atomic E-state index is 0.0853. The van der Waals surface area contributed by atoms with Crippen molar-refractivity contribution in [3.63, 3.8) is 0 Å². The molecule has 0 radical (unpaired) electrons. The number of nitrogens with one attached hydrogen (secondary N) is 1. The van der Waals surface area contributed by atoms with Crippen molar-refractivity contribution < 1.29 is 9.47 Å². The van der Waals surface area contributed by atoms with Gasteiger partial charge >= 0.3 is 6.01 Å². The first-order valence-corrected chi connectivity index (χ1v) is 6.71. The van der Waals surface area contributed by atoms with E-state index < -0.39 is 0 Å². The second-order valence-corrected chi connectivity index (χ2v) is 4.41. The first kappa shape index (κ1) is 15.1. The molecule has 1 heterocycles. The summed E-state index contributed by atoms with van der Waals surface area (Å²) >= 11 is 6.16. The van der Waals surface area contributed by atoms with E-state index in [0.29, 0.717) is 29.9 Å². The number of anilines is 2. The van der Waals surface area contributed by atoms with E-state index in [4.69, 9.17) is 26.8 Å². The summed E-state index contributed by atoms with van der Waals surface area (Å²) in [5, 5.41) is 3.62. The molecule has 0 aliphatic rings. The standard InChI is InChI=1S/C13H16ClN5O2/c1-3-21-13-18-11(15)17-12(19-13)16-7-8-9(14)5-4-6-10(8)20-2/h4-6H,3,7H2,1-2H3,(H3,15,16,17,18,19). The van der Waals surface area contributed by atoms with Crippen LogP contribution in [-0.2, 0) is 6.54 Å². The Morgan fingerprint density at radius 1 is 1.29 bits per heavy atom. The van der Waals surface area contributed by atoms with E-state index in [1.54, 1.807) is 13.2 Å². The predicted octanol–water partition coefficient (Wildman–Crippen LogP) is 2.13. The Morgan fingerprint density at radius 2 is 2.10 bits per heavy atom. The maximum atomic E-state index is 6.16. The summed E-state index contributed by atoms with van der Waals surface area (Å²) in [7, 11) is 1.59. The molecule has 112 valence electrons. The van der Waals surface area contributed by atoms with E-state index >= 15 is 0 Å². The third-order valence-electron chi connectivity index (χ3n) is 2.62. The average molecular weight is 310 g/mol. The SMILES string of the molecule is CCOc1nc(N)nc(NCc2c(Cl)cccc2OC)n1. The van der Waals surface area contributed by atoms with E-state index in [1.807, 2.05) is 19.1 Å². The van der Waals surface area contributed by atoms with Crippen LogP contribution in [0.3, 0.4) is 0 Å². The molecule has 0 saturated carbocycles. The Hall–Kier alpha value is -2.28. The summed E-state index contributed by atoms with van der Waals surface area (Å²) in [6, 6.07) is 5.61. The van der Waals surface area contributed by atoms with Crippen molar-refractivity contribution in [2.45, 2.75) is 13.5 Å². The molecule has 2 rings (SSSR count). The predicted molar refractivity (Wildman–Crippen MR) is 80.7 cm³/mol. The molecule has 0 unspecified atom stereocenters. The van der Waals surface area contributed by atoms with Crippen LogP contribution >= 0.6 is 11.6 Å². The highest BCUT2D eigenvalue weighted by Gasteiger charge is 2.10. The zero-order valence-corrected chi connectivity index (χ0v) is 12.5. The van der Waals surface area contributed by atoms with Gasteiger partial charge in [0, 0.05) is 17.1 Å². The zero-order chi connectivity index (χ0) is 15.2. The van der Waals surface area contributed by atoms with Gasteiger partial charge in [-0.2, -0.15) is 15.0 Å². The Bertz CT molecular complexity index is 624. The number of nitrogens with two attached hydrogens (primary N) is 1. The highest BCUT2D eigenvalue weighted by atomic mass is 35.5. The molecule has 0 amide bonds. The van der Waals surface area contributed by atoms with Gasteiger partial charge in [-0.15, -0.1) is 0 Å². The van der Waals surface area contributed by atoms with Crippen molar-refractivity contribution in [2.24, 2.45) is 0 Å². The fourth-order valence-electron chi connectivity index (χ4n) is 1.71. The van der Waals surface area contributed by atoms with Gasteiger partial charge in [0.1, 0.15) is 5.75 Å². The summed E-state index contributed by atoms with van der Waals surface area (Å²) in [6.07, 6.45) is 0. The number of methoxy groups -OCH3 is 1. The number of hydrogen-bond donors (Lipinski definition) is 2. The Morgan fingerprint density at radius 3 is 2.81 bits per heavy atom. The fraction of sp³-hybridized carbons (Fsp3) is 0.308. The van der Waals surface area contributed by atoms with Crippen molar-refractivity contribution in [2.75, 3.05) is 24.8 Å². The molecule has 1 aromatic carbocycles. The second kappa shape index (κ2) is 6.94. The normalized spacial score (nSPS) is 10.2. The summed E-state index contributed by atoms with van der Waals surface area (Å²) in [6.45, 7) is 2.67. The minimum absolute atomic E-state index is 0.0853. The van der Waals surface area contributed by atoms with Crippen LogP contribution in [-0.4, -0.2) is 28.7 Å². The van der Waals surface area contributed by atoms with Crippen molar-refractivity contribution in [3.8, 4) is 11.8 Å². The molecule has 0 aliphatic heterocycles. The van der Waals surface area contributed by atoms with Crippen molar-refractivity contribution in [3.05, 3.63) is 28.8 Å². The topological polar surface area (TPSA) is 95.2 Å². The van der Waals surface area contributed by atoms with Crippen LogP contribution in [0.5, 0.6) is 11.8 Å². The Balaban J connectivity index is 2.16. The van der Waals surface area contributed by atoms with E-state index in [0.717, 1.165) is 5.56 Å². The van der Waals surface area contributed by atoms with Crippen LogP contribution in [0.1, 0.15) is 12.5 Å². The van der Waals surface area contributed by atoms with Crippen LogP contribution in [0, 0.1) is 0 Å². The lowest BCUT2D eigenvalue weighted by molar-refractivity contribution is 0.312. The molecule has 0 bridgehead atoms. The van der Waals surface area contributed by atoms with E-state index in [1.165, 1.54) is 0 Å². The van der Waals surface area contributed by atoms with Gasteiger partial charge in [0.2, 0.25) is 11.9 Å². The van der Waals surface area contributed by atoms with Gasteiger partial charge in [0.25, 0.3) is 0 Å². The third kappa shape index (κ3) is 3.85. The molecule has 0 saturated heterocycles. The minimum Gasteiger partial charge on any atom is -0.496 e. The van der Waals surface area contributed by atoms with Crippen LogP contribution in [0.2, 0.25) is 5.02 Å². The van der Waals surface area contributed by atoms with Crippen molar-refractivity contribution in [1.82, 2.24) is 15.0 Å². The first-order chi connectivity index (χ1) is 10.1. The largest absolute Gasteiger partial charge is 0.496 e. The number of ether oxygens (including phenoxy) is 2. The van der Waals surface area contributed by atoms with Crippen LogP contribution in [0.25, 0.3) is 0 Å². The van der Waals surface area contributed by atoms with E-state index in [2.05, 4.69) is 20.3 Å². The average Bonchev–Trinajstić information content (AvgIpc) is 2.45. The Kier molecular flexibility index (Phi) is 4.99. The highest BCUT2D eigenvalue weighted by molar-refractivity contribution is 6.31. The number of nitrogen functional groups attached to an aromatic ring is 1. The number of halogens is 1. The molecular weight excluding hydrogens is 294 g/mol. The molecule has 8 heteroatoms. The molecule has 7 nitrogen and oxygen atoms in total. The fourth-order valence-corrected chi connectivity index (χ4v) is 1.95. The summed E-state index contributed by atoms with van der Waals surface area (Å²) in [5.41, 5.74) is 6.42. The number of benzene rings is 1. The number of nitrogens with zero attached hydrogens (tertiary/aromatic N) is 3. The van der Waals surface area contributed by atoms with E-state index in [9.17, 15) is 0 Å². The van der Waals surface area contributed by atoms with Gasteiger partial charge in [-0.3, -0.25) is 0 Å². The lowest BCUT2D eigenvalue weighted by Gasteiger charge is -2.11. The van der Waals surface area contributed by atoms with Gasteiger partial charge in [-0.1, -0.05) is 17.7 Å². The van der Waals surface area contributed by atoms with Crippen molar-refractivity contribution >= 4 is 23.5 Å². The lowest BCUT2D eigenvalue weighted by Crippen LogP contribution is -2.10. The monoisotopic (exact) mass is 309 g/mol. The zero-order valence-electron chi connectivity index (χ0n) is 11.8. The number of aromatic nitrogens is 3. The number of hydrogen-bond acceptors (Lipinski definition) is 7. The molecule has 0 aliphatic carbocycles. The van der Waals surface area contributed by atoms with E-state index in [-0.39, 0.29) is 12.0 Å². The van der Waals surface area contributed by atoms with Gasteiger partial charge in [0.05, 0.1) is 13.7 Å². The molecule has 21 heavy (non-hydrogen) atoms. The van der Waals surface area contributed by atoms with Crippen LogP contribution in [0.4, 0.5) is 11.9 Å². The van der Waals surface area contributed by atoms with Gasteiger partial charge in [-0.05, 0) is 19.1 Å². The first-order valence-electron chi connectivity index (χ1n) is 6.33. The quantitative estimate of drug-likeness (QED) is 0.843. The molecular formula is C13H16ClN5O2.